The number of likely N-dealkylation sites (tertiary alicyclic amines) is 1. The summed E-state index contributed by atoms with van der Waals surface area (Å²) in [7, 11) is 1.34. The predicted molar refractivity (Wildman–Crippen MR) is 123 cm³/mol. The largest absolute Gasteiger partial charge is 0.469 e. The van der Waals surface area contributed by atoms with Crippen molar-refractivity contribution in [2.75, 3.05) is 20.3 Å². The zero-order chi connectivity index (χ0) is 23.6. The summed E-state index contributed by atoms with van der Waals surface area (Å²) in [5.74, 6) is -1.61. The Labute approximate surface area is 195 Å². The highest BCUT2D eigenvalue weighted by Gasteiger charge is 2.46. The Balaban J connectivity index is 1.83. The van der Waals surface area contributed by atoms with Crippen molar-refractivity contribution in [1.82, 2.24) is 4.90 Å². The first-order chi connectivity index (χ1) is 16.0. The Morgan fingerprint density at radius 3 is 2.24 bits per heavy atom. The molecular formula is C26H33NO6. The van der Waals surface area contributed by atoms with Gasteiger partial charge < -0.3 is 18.9 Å². The lowest BCUT2D eigenvalue weighted by molar-refractivity contribution is -0.192. The Bertz CT molecular complexity index is 875. The lowest BCUT2D eigenvalue weighted by atomic mass is 9.87. The minimum Gasteiger partial charge on any atom is -0.469 e. The van der Waals surface area contributed by atoms with Crippen molar-refractivity contribution in [2.45, 2.75) is 51.9 Å². The van der Waals surface area contributed by atoms with Crippen molar-refractivity contribution in [3.05, 3.63) is 71.8 Å². The third kappa shape index (κ3) is 7.12. The molecule has 4 atom stereocenters. The molecule has 0 saturated carbocycles. The molecule has 1 heterocycles. The van der Waals surface area contributed by atoms with E-state index in [9.17, 15) is 9.59 Å². The summed E-state index contributed by atoms with van der Waals surface area (Å²) < 4.78 is 22.3. The molecule has 7 nitrogen and oxygen atoms in total. The normalized spacial score (nSPS) is 21.8. The van der Waals surface area contributed by atoms with E-state index in [0.717, 1.165) is 11.1 Å². The van der Waals surface area contributed by atoms with E-state index >= 15 is 0 Å². The number of nitrogens with zero attached hydrogens (tertiary/aromatic N) is 1. The zero-order valence-electron chi connectivity index (χ0n) is 19.5. The maximum atomic E-state index is 13.3. The van der Waals surface area contributed by atoms with E-state index in [1.165, 1.54) is 7.11 Å². The van der Waals surface area contributed by atoms with Gasteiger partial charge in [-0.05, 0) is 31.4 Å². The lowest BCUT2D eigenvalue weighted by Crippen LogP contribution is -2.57. The summed E-state index contributed by atoms with van der Waals surface area (Å²) >= 11 is 0. The van der Waals surface area contributed by atoms with Crippen LogP contribution in [0.4, 0.5) is 0 Å². The number of rotatable bonds is 10. The predicted octanol–water partition coefficient (Wildman–Crippen LogP) is 3.56. The Hall–Kier alpha value is -2.74. The second kappa shape index (κ2) is 12.5. The van der Waals surface area contributed by atoms with Crippen LogP contribution in [0.1, 0.15) is 31.4 Å². The number of hydrogen-bond donors (Lipinski definition) is 0. The molecule has 0 aliphatic carbocycles. The number of ether oxygens (including phenoxy) is 4. The van der Waals surface area contributed by atoms with Crippen LogP contribution in [0.25, 0.3) is 0 Å². The van der Waals surface area contributed by atoms with Crippen molar-refractivity contribution >= 4 is 11.9 Å². The first kappa shape index (κ1) is 24.9. The minimum atomic E-state index is -0.774. The molecule has 2 aromatic rings. The van der Waals surface area contributed by atoms with Crippen LogP contribution >= 0.6 is 0 Å². The number of methoxy groups -OCH3 is 1. The van der Waals surface area contributed by atoms with E-state index in [2.05, 4.69) is 0 Å². The van der Waals surface area contributed by atoms with Gasteiger partial charge >= 0.3 is 11.9 Å². The second-order valence-electron chi connectivity index (χ2n) is 8.10. The van der Waals surface area contributed by atoms with Crippen LogP contribution in [0.2, 0.25) is 0 Å². The second-order valence-corrected chi connectivity index (χ2v) is 8.10. The summed E-state index contributed by atoms with van der Waals surface area (Å²) in [4.78, 5) is 28.0. The van der Waals surface area contributed by atoms with Crippen molar-refractivity contribution in [3.8, 4) is 0 Å². The quantitative estimate of drug-likeness (QED) is 0.401. The van der Waals surface area contributed by atoms with E-state index in [1.54, 1.807) is 0 Å². The monoisotopic (exact) mass is 455 g/mol. The van der Waals surface area contributed by atoms with E-state index in [1.807, 2.05) is 79.4 Å². The number of hydrogen-bond acceptors (Lipinski definition) is 7. The number of carbonyl (C=O) groups excluding carboxylic acids is 2. The van der Waals surface area contributed by atoms with Crippen molar-refractivity contribution < 1.29 is 28.5 Å². The molecule has 178 valence electrons. The molecule has 3 rings (SSSR count). The Morgan fingerprint density at radius 1 is 1.00 bits per heavy atom. The molecular weight excluding hydrogens is 422 g/mol. The standard InChI is InChI=1S/C26H33NO6/c1-4-31-19(2)33-22-15-23(25(28)30-3)24(26(29)32-18-21-13-9-6-10-14-21)27(17-22)16-20-11-7-5-8-12-20/h5-14,19,22-24H,4,15-18H2,1-3H3/t19?,22-,23+,24+/m1/s1. The molecule has 0 bridgehead atoms. The summed E-state index contributed by atoms with van der Waals surface area (Å²) in [6.45, 7) is 5.34. The molecule has 7 heteroatoms. The van der Waals surface area contributed by atoms with Crippen molar-refractivity contribution in [2.24, 2.45) is 5.92 Å². The molecule has 0 amide bonds. The van der Waals surface area contributed by atoms with Gasteiger partial charge in [-0.25, -0.2) is 0 Å². The summed E-state index contributed by atoms with van der Waals surface area (Å²) in [6, 6.07) is 18.5. The fourth-order valence-electron chi connectivity index (χ4n) is 4.24. The lowest BCUT2D eigenvalue weighted by Gasteiger charge is -2.42. The number of esters is 2. The molecule has 1 fully saturated rings. The first-order valence-corrected chi connectivity index (χ1v) is 11.3. The zero-order valence-corrected chi connectivity index (χ0v) is 19.5. The van der Waals surface area contributed by atoms with Crippen LogP contribution in [0, 0.1) is 5.92 Å². The average Bonchev–Trinajstić information content (AvgIpc) is 2.83. The van der Waals surface area contributed by atoms with Gasteiger partial charge in [0.1, 0.15) is 12.6 Å². The highest BCUT2D eigenvalue weighted by molar-refractivity contribution is 5.85. The van der Waals surface area contributed by atoms with E-state index < -0.39 is 30.2 Å². The Morgan fingerprint density at radius 2 is 1.64 bits per heavy atom. The number of piperidine rings is 1. The third-order valence-electron chi connectivity index (χ3n) is 5.71. The highest BCUT2D eigenvalue weighted by Crippen LogP contribution is 2.30. The Kier molecular flexibility index (Phi) is 9.42. The third-order valence-corrected chi connectivity index (χ3v) is 5.71. The summed E-state index contributed by atoms with van der Waals surface area (Å²) in [5.41, 5.74) is 1.91. The average molecular weight is 456 g/mol. The molecule has 0 spiro atoms. The molecule has 1 saturated heterocycles. The van der Waals surface area contributed by atoms with Gasteiger partial charge in [-0.1, -0.05) is 60.7 Å². The van der Waals surface area contributed by atoms with E-state index in [4.69, 9.17) is 18.9 Å². The van der Waals surface area contributed by atoms with Gasteiger partial charge in [0.15, 0.2) is 6.29 Å². The van der Waals surface area contributed by atoms with Gasteiger partial charge in [0, 0.05) is 19.7 Å². The number of benzene rings is 2. The van der Waals surface area contributed by atoms with Gasteiger partial charge in [0.05, 0.1) is 19.1 Å². The fourth-order valence-corrected chi connectivity index (χ4v) is 4.24. The van der Waals surface area contributed by atoms with Crippen molar-refractivity contribution in [1.29, 1.82) is 0 Å². The molecule has 0 radical (unpaired) electrons. The SMILES string of the molecule is CCOC(C)O[C@@H]1C[C@H](C(=O)OC)[C@@H](C(=O)OCc2ccccc2)N(Cc2ccccc2)C1. The smallest absolute Gasteiger partial charge is 0.324 e. The van der Waals surface area contributed by atoms with E-state index in [0.29, 0.717) is 26.1 Å². The molecule has 1 aliphatic rings. The van der Waals surface area contributed by atoms with E-state index in [-0.39, 0.29) is 12.7 Å². The topological polar surface area (TPSA) is 74.3 Å². The molecule has 0 aromatic heterocycles. The van der Waals surface area contributed by atoms with Gasteiger partial charge in [0.25, 0.3) is 0 Å². The maximum Gasteiger partial charge on any atom is 0.324 e. The summed E-state index contributed by atoms with van der Waals surface area (Å²) in [6.07, 6.45) is -0.364. The molecule has 33 heavy (non-hydrogen) atoms. The maximum absolute atomic E-state index is 13.3. The fraction of sp³-hybridized carbons (Fsp3) is 0.462. The van der Waals surface area contributed by atoms with Crippen LogP contribution in [-0.4, -0.2) is 55.5 Å². The molecule has 2 aromatic carbocycles. The van der Waals surface area contributed by atoms with Crippen LogP contribution in [-0.2, 0) is 41.7 Å². The molecule has 1 unspecified atom stereocenters. The van der Waals surface area contributed by atoms with Crippen LogP contribution < -0.4 is 0 Å². The number of carbonyl (C=O) groups is 2. The van der Waals surface area contributed by atoms with Gasteiger partial charge in [-0.2, -0.15) is 0 Å². The minimum absolute atomic E-state index is 0.143. The molecule has 1 aliphatic heterocycles. The van der Waals surface area contributed by atoms with Gasteiger partial charge in [-0.3, -0.25) is 14.5 Å². The van der Waals surface area contributed by atoms with Gasteiger partial charge in [0.2, 0.25) is 0 Å². The van der Waals surface area contributed by atoms with Gasteiger partial charge in [-0.15, -0.1) is 0 Å². The molecule has 0 N–H and O–H groups in total. The van der Waals surface area contributed by atoms with Crippen LogP contribution in [0.15, 0.2) is 60.7 Å². The highest BCUT2D eigenvalue weighted by atomic mass is 16.7. The van der Waals surface area contributed by atoms with Crippen LogP contribution in [0.3, 0.4) is 0 Å². The summed E-state index contributed by atoms with van der Waals surface area (Å²) in [5, 5.41) is 0. The van der Waals surface area contributed by atoms with Crippen molar-refractivity contribution in [3.63, 3.8) is 0 Å². The van der Waals surface area contributed by atoms with Crippen LogP contribution in [0.5, 0.6) is 0 Å². The first-order valence-electron chi connectivity index (χ1n) is 11.3.